The number of rotatable bonds is 5. The number of aliphatic carboxylic acids is 1. The van der Waals surface area contributed by atoms with Crippen molar-refractivity contribution in [3.05, 3.63) is 35.7 Å². The van der Waals surface area contributed by atoms with Gasteiger partial charge in [-0.25, -0.2) is 4.98 Å². The van der Waals surface area contributed by atoms with Crippen LogP contribution in [0.25, 0.3) is 10.4 Å². The molecule has 2 heterocycles. The fourth-order valence-corrected chi connectivity index (χ4v) is 2.42. The van der Waals surface area contributed by atoms with E-state index in [1.54, 1.807) is 29.2 Å². The first-order chi connectivity index (χ1) is 8.27. The van der Waals surface area contributed by atoms with Crippen molar-refractivity contribution in [1.29, 1.82) is 0 Å². The minimum atomic E-state index is -0.761. The lowest BCUT2D eigenvalue weighted by atomic mass is 10.1. The molecule has 1 N–H and O–H groups in total. The quantitative estimate of drug-likeness (QED) is 0.883. The number of pyridine rings is 1. The second kappa shape index (κ2) is 5.54. The monoisotopic (exact) mass is 248 g/mol. The number of carboxylic acid groups (broad SMARTS) is 1. The zero-order valence-corrected chi connectivity index (χ0v) is 9.98. The first-order valence-corrected chi connectivity index (χ1v) is 6.20. The lowest BCUT2D eigenvalue weighted by Crippen LogP contribution is -1.96. The molecule has 0 aliphatic heterocycles. The molecule has 5 heteroatoms. The summed E-state index contributed by atoms with van der Waals surface area (Å²) >= 11 is 1.56. The van der Waals surface area contributed by atoms with Crippen LogP contribution in [-0.2, 0) is 11.2 Å². The van der Waals surface area contributed by atoms with E-state index in [-0.39, 0.29) is 6.42 Å². The Balaban J connectivity index is 2.10. The molecule has 0 unspecified atom stereocenters. The number of carboxylic acids is 1. The Hall–Kier alpha value is -1.75. The standard InChI is InChI=1S/C12H12N2O2S/c15-11(16)5-1-4-10-12(17-8-14-10)9-3-2-6-13-7-9/h2-3,6-8H,1,4-5H2,(H,15,16). The summed E-state index contributed by atoms with van der Waals surface area (Å²) < 4.78 is 0. The van der Waals surface area contributed by atoms with E-state index in [0.717, 1.165) is 16.1 Å². The zero-order chi connectivity index (χ0) is 12.1. The number of thiazole rings is 1. The Bertz CT molecular complexity index is 496. The van der Waals surface area contributed by atoms with Crippen LogP contribution in [0.15, 0.2) is 30.0 Å². The minimum absolute atomic E-state index is 0.185. The van der Waals surface area contributed by atoms with Gasteiger partial charge in [0.25, 0.3) is 0 Å². The summed E-state index contributed by atoms with van der Waals surface area (Å²) in [6.07, 6.45) is 5.03. The molecule has 0 aromatic carbocycles. The van der Waals surface area contributed by atoms with Crippen LogP contribution in [0.3, 0.4) is 0 Å². The molecule has 2 aromatic rings. The highest BCUT2D eigenvalue weighted by Gasteiger charge is 2.09. The van der Waals surface area contributed by atoms with E-state index >= 15 is 0 Å². The average Bonchev–Trinajstić information content (AvgIpc) is 2.78. The molecular weight excluding hydrogens is 236 g/mol. The Kier molecular flexibility index (Phi) is 3.82. The SMILES string of the molecule is O=C(O)CCCc1ncsc1-c1cccnc1. The van der Waals surface area contributed by atoms with Crippen LogP contribution in [0.1, 0.15) is 18.5 Å². The van der Waals surface area contributed by atoms with Crippen molar-refractivity contribution < 1.29 is 9.90 Å². The van der Waals surface area contributed by atoms with Crippen molar-refractivity contribution in [3.63, 3.8) is 0 Å². The van der Waals surface area contributed by atoms with Gasteiger partial charge in [-0.2, -0.15) is 0 Å². The van der Waals surface area contributed by atoms with E-state index in [4.69, 9.17) is 5.11 Å². The molecule has 0 aliphatic carbocycles. The lowest BCUT2D eigenvalue weighted by molar-refractivity contribution is -0.137. The molecule has 0 radical (unpaired) electrons. The van der Waals surface area contributed by atoms with E-state index in [2.05, 4.69) is 9.97 Å². The summed E-state index contributed by atoms with van der Waals surface area (Å²) in [6, 6.07) is 3.87. The highest BCUT2D eigenvalue weighted by molar-refractivity contribution is 7.13. The van der Waals surface area contributed by atoms with E-state index in [0.29, 0.717) is 12.8 Å². The number of hydrogen-bond donors (Lipinski definition) is 1. The fraction of sp³-hybridized carbons (Fsp3) is 0.250. The third-order valence-electron chi connectivity index (χ3n) is 2.37. The number of aryl methyl sites for hydroxylation is 1. The summed E-state index contributed by atoms with van der Waals surface area (Å²) in [7, 11) is 0. The molecule has 0 atom stereocenters. The molecule has 88 valence electrons. The second-order valence-electron chi connectivity index (χ2n) is 3.62. The Morgan fingerprint density at radius 3 is 3.06 bits per heavy atom. The Labute approximate surface area is 103 Å². The van der Waals surface area contributed by atoms with Crippen LogP contribution in [0.5, 0.6) is 0 Å². The number of nitrogens with zero attached hydrogens (tertiary/aromatic N) is 2. The normalized spacial score (nSPS) is 10.4. The molecule has 0 aliphatic rings. The maximum atomic E-state index is 10.5. The molecule has 0 amide bonds. The predicted molar refractivity (Wildman–Crippen MR) is 65.9 cm³/mol. The molecule has 2 rings (SSSR count). The van der Waals surface area contributed by atoms with Gasteiger partial charge in [-0.1, -0.05) is 6.07 Å². The van der Waals surface area contributed by atoms with Gasteiger partial charge in [0, 0.05) is 24.4 Å². The maximum absolute atomic E-state index is 10.5. The van der Waals surface area contributed by atoms with Gasteiger partial charge in [0.15, 0.2) is 0 Å². The zero-order valence-electron chi connectivity index (χ0n) is 9.17. The number of aromatic nitrogens is 2. The Morgan fingerprint density at radius 1 is 1.47 bits per heavy atom. The smallest absolute Gasteiger partial charge is 0.303 e. The van der Waals surface area contributed by atoms with Gasteiger partial charge in [0.05, 0.1) is 16.1 Å². The van der Waals surface area contributed by atoms with Gasteiger partial charge >= 0.3 is 5.97 Å². The van der Waals surface area contributed by atoms with Gasteiger partial charge in [0.2, 0.25) is 0 Å². The molecule has 2 aromatic heterocycles. The third kappa shape index (κ3) is 3.10. The van der Waals surface area contributed by atoms with Gasteiger partial charge in [-0.15, -0.1) is 11.3 Å². The van der Waals surface area contributed by atoms with Crippen molar-refractivity contribution in [2.24, 2.45) is 0 Å². The average molecular weight is 248 g/mol. The first-order valence-electron chi connectivity index (χ1n) is 5.32. The predicted octanol–water partition coefficient (Wildman–Crippen LogP) is 2.61. The van der Waals surface area contributed by atoms with E-state index in [9.17, 15) is 4.79 Å². The number of carbonyl (C=O) groups is 1. The second-order valence-corrected chi connectivity index (χ2v) is 4.47. The van der Waals surface area contributed by atoms with Gasteiger partial charge in [-0.05, 0) is 18.9 Å². The van der Waals surface area contributed by atoms with Crippen molar-refractivity contribution in [2.45, 2.75) is 19.3 Å². The van der Waals surface area contributed by atoms with Crippen LogP contribution < -0.4 is 0 Å². The molecule has 4 nitrogen and oxygen atoms in total. The highest BCUT2D eigenvalue weighted by Crippen LogP contribution is 2.27. The largest absolute Gasteiger partial charge is 0.481 e. The lowest BCUT2D eigenvalue weighted by Gasteiger charge is -2.01. The van der Waals surface area contributed by atoms with E-state index in [1.807, 2.05) is 12.1 Å². The summed E-state index contributed by atoms with van der Waals surface area (Å²) in [4.78, 5) is 19.9. The first kappa shape index (κ1) is 11.7. The summed E-state index contributed by atoms with van der Waals surface area (Å²) in [5.41, 5.74) is 3.79. The molecule has 17 heavy (non-hydrogen) atoms. The van der Waals surface area contributed by atoms with Crippen LogP contribution in [0.4, 0.5) is 0 Å². The van der Waals surface area contributed by atoms with Crippen LogP contribution in [-0.4, -0.2) is 21.0 Å². The minimum Gasteiger partial charge on any atom is -0.481 e. The van der Waals surface area contributed by atoms with Crippen LogP contribution >= 0.6 is 11.3 Å². The molecule has 0 saturated heterocycles. The molecule has 0 fully saturated rings. The van der Waals surface area contributed by atoms with Crippen molar-refractivity contribution >= 4 is 17.3 Å². The summed E-state index contributed by atoms with van der Waals surface area (Å²) in [5, 5.41) is 8.60. The summed E-state index contributed by atoms with van der Waals surface area (Å²) in [5.74, 6) is -0.761. The van der Waals surface area contributed by atoms with Gasteiger partial charge < -0.3 is 5.11 Å². The molecule has 0 bridgehead atoms. The van der Waals surface area contributed by atoms with Crippen LogP contribution in [0, 0.1) is 0 Å². The summed E-state index contributed by atoms with van der Waals surface area (Å²) in [6.45, 7) is 0. The molecule has 0 saturated carbocycles. The molecular formula is C12H12N2O2S. The topological polar surface area (TPSA) is 63.1 Å². The molecule has 0 spiro atoms. The Morgan fingerprint density at radius 2 is 2.35 bits per heavy atom. The van der Waals surface area contributed by atoms with Crippen molar-refractivity contribution in [1.82, 2.24) is 9.97 Å². The maximum Gasteiger partial charge on any atom is 0.303 e. The number of hydrogen-bond acceptors (Lipinski definition) is 4. The highest BCUT2D eigenvalue weighted by atomic mass is 32.1. The van der Waals surface area contributed by atoms with Crippen molar-refractivity contribution in [2.75, 3.05) is 0 Å². The van der Waals surface area contributed by atoms with Crippen molar-refractivity contribution in [3.8, 4) is 10.4 Å². The van der Waals surface area contributed by atoms with E-state index in [1.165, 1.54) is 0 Å². The van der Waals surface area contributed by atoms with Crippen LogP contribution in [0.2, 0.25) is 0 Å². The van der Waals surface area contributed by atoms with Gasteiger partial charge in [0.1, 0.15) is 0 Å². The van der Waals surface area contributed by atoms with Gasteiger partial charge in [-0.3, -0.25) is 9.78 Å². The fourth-order valence-electron chi connectivity index (χ4n) is 1.59. The van der Waals surface area contributed by atoms with E-state index < -0.39 is 5.97 Å². The third-order valence-corrected chi connectivity index (χ3v) is 3.29.